The van der Waals surface area contributed by atoms with Gasteiger partial charge in [0.15, 0.2) is 0 Å². The van der Waals surface area contributed by atoms with E-state index in [0.29, 0.717) is 0 Å². The Morgan fingerprint density at radius 2 is 0.710 bits per heavy atom. The summed E-state index contributed by atoms with van der Waals surface area (Å²) in [4.78, 5) is 2.39. The monoisotopic (exact) mass is 878 g/mol. The minimum atomic E-state index is 0.901. The lowest BCUT2D eigenvalue weighted by Gasteiger charge is -2.27. The molecule has 12 aromatic carbocycles. The molecule has 0 atom stereocenters. The first-order valence-electron chi connectivity index (χ1n) is 23.7. The van der Waals surface area contributed by atoms with E-state index in [1.54, 1.807) is 0 Å². The van der Waals surface area contributed by atoms with Gasteiger partial charge in [-0.1, -0.05) is 194 Å². The van der Waals surface area contributed by atoms with E-state index in [1.165, 1.54) is 70.8 Å². The Balaban J connectivity index is 0.911. The first-order valence-corrected chi connectivity index (χ1v) is 23.7. The zero-order valence-corrected chi connectivity index (χ0v) is 37.6. The van der Waals surface area contributed by atoms with Crippen LogP contribution in [0.15, 0.2) is 259 Å². The molecule has 0 radical (unpaired) electrons. The summed E-state index contributed by atoms with van der Waals surface area (Å²) in [6.07, 6.45) is 0. The lowest BCUT2D eigenvalue weighted by molar-refractivity contribution is 0.670. The standard InChI is InChI=1S/C66H42N2O/c1-2-17-50(56-22-7-11-28-62(56)68-63-29-12-8-23-57(63)58-24-9-13-30-64(58)68)48(16-1)43-32-36-45(37-33-43)67(47-40-41-55-53-20-4-3-18-51(53)52-19-5-6-21-54(52)61(55)42-47)46-38-34-44(35-39-46)49-26-15-27-60-59-25-10-14-31-65(59)69-66(49)60/h1-42H. The number of fused-ring (bicyclic) bond motifs is 12. The van der Waals surface area contributed by atoms with Crippen molar-refractivity contribution in [3.05, 3.63) is 255 Å². The number of rotatable bonds is 7. The van der Waals surface area contributed by atoms with Gasteiger partial charge in [-0.2, -0.15) is 0 Å². The molecule has 0 amide bonds. The van der Waals surface area contributed by atoms with Crippen LogP contribution in [0.5, 0.6) is 0 Å². The fourth-order valence-electron chi connectivity index (χ4n) is 11.1. The van der Waals surface area contributed by atoms with Crippen LogP contribution in [0, 0.1) is 0 Å². The van der Waals surface area contributed by atoms with Crippen molar-refractivity contribution >= 4 is 93.1 Å². The largest absolute Gasteiger partial charge is 0.455 e. The van der Waals surface area contributed by atoms with Gasteiger partial charge in [0.1, 0.15) is 11.2 Å². The third kappa shape index (κ3) is 6.21. The van der Waals surface area contributed by atoms with E-state index in [-0.39, 0.29) is 0 Å². The van der Waals surface area contributed by atoms with E-state index in [4.69, 9.17) is 4.42 Å². The molecule has 0 fully saturated rings. The number of hydrogen-bond acceptors (Lipinski definition) is 2. The third-order valence-electron chi connectivity index (χ3n) is 14.2. The molecule has 0 spiro atoms. The van der Waals surface area contributed by atoms with Crippen LogP contribution in [0.2, 0.25) is 0 Å². The summed E-state index contributed by atoms with van der Waals surface area (Å²) in [5.41, 5.74) is 15.4. The molecule has 0 aliphatic heterocycles. The van der Waals surface area contributed by atoms with Gasteiger partial charge < -0.3 is 13.9 Å². The van der Waals surface area contributed by atoms with Crippen LogP contribution in [0.25, 0.3) is 115 Å². The smallest absolute Gasteiger partial charge is 0.143 e. The van der Waals surface area contributed by atoms with Crippen LogP contribution in [0.4, 0.5) is 17.1 Å². The summed E-state index contributed by atoms with van der Waals surface area (Å²) >= 11 is 0. The normalized spacial score (nSPS) is 11.8. The van der Waals surface area contributed by atoms with Gasteiger partial charge in [-0.25, -0.2) is 0 Å². The second kappa shape index (κ2) is 15.7. The van der Waals surface area contributed by atoms with Crippen molar-refractivity contribution in [2.24, 2.45) is 0 Å². The second-order valence-corrected chi connectivity index (χ2v) is 18.0. The lowest BCUT2D eigenvalue weighted by atomic mass is 9.93. The molecule has 0 aliphatic rings. The summed E-state index contributed by atoms with van der Waals surface area (Å²) in [6, 6.07) is 92.5. The van der Waals surface area contributed by atoms with E-state index in [2.05, 4.69) is 252 Å². The number of anilines is 3. The van der Waals surface area contributed by atoms with Crippen molar-refractivity contribution in [2.45, 2.75) is 0 Å². The predicted octanol–water partition coefficient (Wildman–Crippen LogP) is 18.6. The number of furan rings is 1. The molecular formula is C66H42N2O. The van der Waals surface area contributed by atoms with Crippen LogP contribution < -0.4 is 4.90 Å². The van der Waals surface area contributed by atoms with Crippen molar-refractivity contribution in [1.29, 1.82) is 0 Å². The maximum Gasteiger partial charge on any atom is 0.143 e. The zero-order chi connectivity index (χ0) is 45.4. The molecule has 14 aromatic rings. The Bertz CT molecular complexity index is 4220. The van der Waals surface area contributed by atoms with Gasteiger partial charge in [-0.15, -0.1) is 0 Å². The molecule has 14 rings (SSSR count). The zero-order valence-electron chi connectivity index (χ0n) is 37.6. The topological polar surface area (TPSA) is 21.3 Å². The SMILES string of the molecule is c1ccc(-c2ccccc2-n2c3ccccc3c3ccccc32)c(-c2ccc(N(c3ccc(-c4cccc5c4oc4ccccc45)cc3)c3ccc4c5ccccc5c5ccccc5c4c3)cc2)c1. The molecule has 322 valence electrons. The average molecular weight is 879 g/mol. The Kier molecular flexibility index (Phi) is 8.90. The molecule has 0 unspecified atom stereocenters. The van der Waals surface area contributed by atoms with Crippen LogP contribution in [0.3, 0.4) is 0 Å². The highest BCUT2D eigenvalue weighted by Crippen LogP contribution is 2.44. The van der Waals surface area contributed by atoms with E-state index >= 15 is 0 Å². The molecule has 0 N–H and O–H groups in total. The van der Waals surface area contributed by atoms with Crippen molar-refractivity contribution in [3.63, 3.8) is 0 Å². The van der Waals surface area contributed by atoms with Gasteiger partial charge in [0, 0.05) is 49.7 Å². The van der Waals surface area contributed by atoms with Crippen molar-refractivity contribution < 1.29 is 4.42 Å². The van der Waals surface area contributed by atoms with E-state index < -0.39 is 0 Å². The molecular weight excluding hydrogens is 837 g/mol. The van der Waals surface area contributed by atoms with Crippen LogP contribution in [0.1, 0.15) is 0 Å². The first-order chi connectivity index (χ1) is 34.2. The highest BCUT2D eigenvalue weighted by molar-refractivity contribution is 6.26. The number of nitrogens with zero attached hydrogens (tertiary/aromatic N) is 2. The summed E-state index contributed by atoms with van der Waals surface area (Å²) in [7, 11) is 0. The third-order valence-corrected chi connectivity index (χ3v) is 14.2. The average Bonchev–Trinajstić information content (AvgIpc) is 3.98. The van der Waals surface area contributed by atoms with E-state index in [0.717, 1.165) is 61.4 Å². The quantitative estimate of drug-likeness (QED) is 0.149. The predicted molar refractivity (Wildman–Crippen MR) is 292 cm³/mol. The lowest BCUT2D eigenvalue weighted by Crippen LogP contribution is -2.10. The Labute approximate surface area is 399 Å². The Morgan fingerprint density at radius 1 is 0.275 bits per heavy atom. The van der Waals surface area contributed by atoms with Gasteiger partial charge in [-0.3, -0.25) is 0 Å². The molecule has 69 heavy (non-hydrogen) atoms. The van der Waals surface area contributed by atoms with E-state index in [1.807, 2.05) is 12.1 Å². The molecule has 3 heteroatoms. The van der Waals surface area contributed by atoms with Gasteiger partial charge in [-0.05, 0) is 115 Å². The molecule has 0 aliphatic carbocycles. The molecule has 3 nitrogen and oxygen atoms in total. The minimum Gasteiger partial charge on any atom is -0.455 e. The maximum absolute atomic E-state index is 6.49. The van der Waals surface area contributed by atoms with E-state index in [9.17, 15) is 0 Å². The number of hydrogen-bond donors (Lipinski definition) is 0. The molecule has 2 aromatic heterocycles. The Morgan fingerprint density at radius 3 is 1.35 bits per heavy atom. The summed E-state index contributed by atoms with van der Waals surface area (Å²) in [5.74, 6) is 0. The highest BCUT2D eigenvalue weighted by Gasteiger charge is 2.20. The summed E-state index contributed by atoms with van der Waals surface area (Å²) < 4.78 is 8.92. The van der Waals surface area contributed by atoms with Crippen LogP contribution in [-0.2, 0) is 0 Å². The highest BCUT2D eigenvalue weighted by atomic mass is 16.3. The van der Waals surface area contributed by atoms with Crippen molar-refractivity contribution in [3.8, 4) is 39.1 Å². The number of benzene rings is 12. The van der Waals surface area contributed by atoms with Crippen molar-refractivity contribution in [1.82, 2.24) is 4.57 Å². The minimum absolute atomic E-state index is 0.901. The summed E-state index contributed by atoms with van der Waals surface area (Å²) in [5, 5.41) is 12.3. The Hall–Kier alpha value is -9.18. The number of aromatic nitrogens is 1. The van der Waals surface area contributed by atoms with Crippen molar-refractivity contribution in [2.75, 3.05) is 4.90 Å². The maximum atomic E-state index is 6.49. The summed E-state index contributed by atoms with van der Waals surface area (Å²) in [6.45, 7) is 0. The number of para-hydroxylation sites is 5. The van der Waals surface area contributed by atoms with Crippen LogP contribution in [-0.4, -0.2) is 4.57 Å². The fourth-order valence-corrected chi connectivity index (χ4v) is 11.1. The molecule has 0 saturated carbocycles. The fraction of sp³-hybridized carbons (Fsp3) is 0. The van der Waals surface area contributed by atoms with Gasteiger partial charge >= 0.3 is 0 Å². The molecule has 2 heterocycles. The first kappa shape index (κ1) is 39.0. The second-order valence-electron chi connectivity index (χ2n) is 18.0. The van der Waals surface area contributed by atoms with Crippen LogP contribution >= 0.6 is 0 Å². The molecule has 0 saturated heterocycles. The van der Waals surface area contributed by atoms with Gasteiger partial charge in [0.05, 0.1) is 16.7 Å². The van der Waals surface area contributed by atoms with Gasteiger partial charge in [0.25, 0.3) is 0 Å². The van der Waals surface area contributed by atoms with Gasteiger partial charge in [0.2, 0.25) is 0 Å². The molecule has 0 bridgehead atoms.